The van der Waals surface area contributed by atoms with Crippen LogP contribution in [0, 0.1) is 17.7 Å². The zero-order valence-electron chi connectivity index (χ0n) is 16.7. The lowest BCUT2D eigenvalue weighted by Crippen LogP contribution is -2.38. The molecule has 2 aromatic heterocycles. The number of nitrogens with one attached hydrogen (secondary N) is 1. The first kappa shape index (κ1) is 18.7. The van der Waals surface area contributed by atoms with E-state index in [2.05, 4.69) is 17.2 Å². The molecular formula is C23H22FN5O. The summed E-state index contributed by atoms with van der Waals surface area (Å²) in [5.74, 6) is 1.70. The average Bonchev–Trinajstić information content (AvgIpc) is 3.50. The van der Waals surface area contributed by atoms with E-state index in [1.807, 2.05) is 17.0 Å². The van der Waals surface area contributed by atoms with Crippen molar-refractivity contribution in [2.45, 2.75) is 26.3 Å². The third-order valence-corrected chi connectivity index (χ3v) is 5.82. The molecule has 152 valence electrons. The number of pyridine rings is 1. The summed E-state index contributed by atoms with van der Waals surface area (Å²) >= 11 is 0. The molecule has 5 rings (SSSR count). The van der Waals surface area contributed by atoms with Gasteiger partial charge < -0.3 is 10.2 Å². The summed E-state index contributed by atoms with van der Waals surface area (Å²) in [5, 5.41) is 3.25. The number of halogens is 1. The predicted octanol–water partition coefficient (Wildman–Crippen LogP) is 3.96. The molecule has 1 amide bonds. The van der Waals surface area contributed by atoms with E-state index >= 15 is 0 Å². The molecule has 6 nitrogen and oxygen atoms in total. The fraction of sp³-hybridized carbons (Fsp3) is 0.304. The summed E-state index contributed by atoms with van der Waals surface area (Å²) in [7, 11) is 0. The second-order valence-corrected chi connectivity index (χ2v) is 8.02. The molecule has 1 fully saturated rings. The summed E-state index contributed by atoms with van der Waals surface area (Å²) in [4.78, 5) is 28.3. The van der Waals surface area contributed by atoms with Crippen molar-refractivity contribution in [1.29, 1.82) is 0 Å². The van der Waals surface area contributed by atoms with Crippen LogP contribution in [-0.4, -0.2) is 32.3 Å². The van der Waals surface area contributed by atoms with E-state index in [4.69, 9.17) is 9.97 Å². The van der Waals surface area contributed by atoms with Crippen molar-refractivity contribution in [3.05, 3.63) is 65.9 Å². The van der Waals surface area contributed by atoms with Crippen molar-refractivity contribution in [3.8, 4) is 11.4 Å². The van der Waals surface area contributed by atoms with Gasteiger partial charge in [-0.05, 0) is 42.7 Å². The first-order chi connectivity index (χ1) is 14.6. The minimum absolute atomic E-state index is 0.142. The van der Waals surface area contributed by atoms with E-state index in [-0.39, 0.29) is 17.6 Å². The van der Waals surface area contributed by atoms with Gasteiger partial charge in [0.1, 0.15) is 11.6 Å². The van der Waals surface area contributed by atoms with Crippen molar-refractivity contribution in [3.63, 3.8) is 0 Å². The molecule has 1 aliphatic heterocycles. The topological polar surface area (TPSA) is 71.0 Å². The number of carbonyl (C=O) groups excluding carboxylic acids is 1. The lowest BCUT2D eigenvalue weighted by atomic mass is 10.0. The lowest BCUT2D eigenvalue weighted by Gasteiger charge is -2.30. The predicted molar refractivity (Wildman–Crippen MR) is 111 cm³/mol. The van der Waals surface area contributed by atoms with Crippen LogP contribution in [0.3, 0.4) is 0 Å². The number of fused-ring (bicyclic) bond motifs is 1. The minimum atomic E-state index is -0.322. The van der Waals surface area contributed by atoms with E-state index in [0.29, 0.717) is 42.8 Å². The molecule has 1 N–H and O–H groups in total. The van der Waals surface area contributed by atoms with E-state index in [9.17, 15) is 9.18 Å². The Morgan fingerprint density at radius 3 is 2.73 bits per heavy atom. The Hall–Kier alpha value is -3.35. The Morgan fingerprint density at radius 2 is 2.00 bits per heavy atom. The van der Waals surface area contributed by atoms with Gasteiger partial charge in [0, 0.05) is 48.1 Å². The Labute approximate surface area is 174 Å². The number of carbonyl (C=O) groups is 1. The Kier molecular flexibility index (Phi) is 4.65. The summed E-state index contributed by atoms with van der Waals surface area (Å²) in [6.45, 7) is 3.23. The summed E-state index contributed by atoms with van der Waals surface area (Å²) in [6.07, 6.45) is 5.04. The SMILES string of the molecule is CC1CC1C(=O)N1CCc2nc(-c3ccncc3)nc(Nc3cccc(F)c3)c2C1. The number of hydrogen-bond acceptors (Lipinski definition) is 5. The average molecular weight is 403 g/mol. The first-order valence-corrected chi connectivity index (χ1v) is 10.2. The molecule has 7 heteroatoms. The van der Waals surface area contributed by atoms with E-state index < -0.39 is 0 Å². The maximum atomic E-state index is 13.7. The smallest absolute Gasteiger partial charge is 0.226 e. The number of amides is 1. The van der Waals surface area contributed by atoms with Gasteiger partial charge in [0.15, 0.2) is 5.82 Å². The van der Waals surface area contributed by atoms with Gasteiger partial charge in [0.2, 0.25) is 5.91 Å². The highest BCUT2D eigenvalue weighted by Gasteiger charge is 2.42. The van der Waals surface area contributed by atoms with Crippen LogP contribution in [0.2, 0.25) is 0 Å². The fourth-order valence-corrected chi connectivity index (χ4v) is 3.94. The third-order valence-electron chi connectivity index (χ3n) is 5.82. The summed E-state index contributed by atoms with van der Waals surface area (Å²) < 4.78 is 13.7. The fourth-order valence-electron chi connectivity index (χ4n) is 3.94. The number of benzene rings is 1. The van der Waals surface area contributed by atoms with Crippen LogP contribution in [0.5, 0.6) is 0 Å². The van der Waals surface area contributed by atoms with Crippen LogP contribution in [0.4, 0.5) is 15.9 Å². The first-order valence-electron chi connectivity index (χ1n) is 10.2. The quantitative estimate of drug-likeness (QED) is 0.714. The standard InChI is InChI=1S/C23H22FN5O/c1-14-11-18(14)23(30)29-10-7-20-19(13-29)22(26-17-4-2-3-16(24)12-17)28-21(27-20)15-5-8-25-9-6-15/h2-6,8-9,12,14,18H,7,10-11,13H2,1H3,(H,26,27,28). The van der Waals surface area contributed by atoms with Gasteiger partial charge in [0.25, 0.3) is 0 Å². The van der Waals surface area contributed by atoms with Gasteiger partial charge in [-0.1, -0.05) is 13.0 Å². The van der Waals surface area contributed by atoms with E-state index in [0.717, 1.165) is 23.2 Å². The molecule has 0 bridgehead atoms. The van der Waals surface area contributed by atoms with Crippen molar-refractivity contribution in [1.82, 2.24) is 19.9 Å². The molecule has 2 atom stereocenters. The van der Waals surface area contributed by atoms with Crippen LogP contribution in [0.25, 0.3) is 11.4 Å². The molecule has 1 aliphatic carbocycles. The molecule has 3 aromatic rings. The molecule has 0 spiro atoms. The molecule has 3 heterocycles. The van der Waals surface area contributed by atoms with Gasteiger partial charge >= 0.3 is 0 Å². The molecule has 1 aromatic carbocycles. The van der Waals surface area contributed by atoms with Crippen LogP contribution < -0.4 is 5.32 Å². The largest absolute Gasteiger partial charge is 0.340 e. The number of anilines is 2. The second kappa shape index (κ2) is 7.48. The third kappa shape index (κ3) is 3.63. The molecule has 0 radical (unpaired) electrons. The Morgan fingerprint density at radius 1 is 1.20 bits per heavy atom. The maximum absolute atomic E-state index is 13.7. The highest BCUT2D eigenvalue weighted by atomic mass is 19.1. The Balaban J connectivity index is 1.53. The molecule has 1 saturated carbocycles. The van der Waals surface area contributed by atoms with Crippen molar-refractivity contribution < 1.29 is 9.18 Å². The van der Waals surface area contributed by atoms with E-state index in [1.165, 1.54) is 12.1 Å². The Bertz CT molecular complexity index is 1100. The molecule has 2 unspecified atom stereocenters. The van der Waals surface area contributed by atoms with Gasteiger partial charge in [0.05, 0.1) is 12.2 Å². The summed E-state index contributed by atoms with van der Waals surface area (Å²) in [6, 6.07) is 10.0. The zero-order valence-corrected chi connectivity index (χ0v) is 16.7. The van der Waals surface area contributed by atoms with Crippen molar-refractivity contribution in [2.24, 2.45) is 11.8 Å². The lowest BCUT2D eigenvalue weighted by molar-refractivity contribution is -0.133. The molecule has 2 aliphatic rings. The zero-order chi connectivity index (χ0) is 20.7. The van der Waals surface area contributed by atoms with Gasteiger partial charge in [-0.3, -0.25) is 9.78 Å². The number of hydrogen-bond donors (Lipinski definition) is 1. The molecular weight excluding hydrogens is 381 g/mol. The van der Waals surface area contributed by atoms with Crippen LogP contribution in [-0.2, 0) is 17.8 Å². The monoisotopic (exact) mass is 403 g/mol. The molecule has 30 heavy (non-hydrogen) atoms. The van der Waals surface area contributed by atoms with Crippen molar-refractivity contribution in [2.75, 3.05) is 11.9 Å². The number of aromatic nitrogens is 3. The highest BCUT2D eigenvalue weighted by molar-refractivity contribution is 5.82. The number of rotatable bonds is 4. The van der Waals surface area contributed by atoms with E-state index in [1.54, 1.807) is 24.5 Å². The van der Waals surface area contributed by atoms with Gasteiger partial charge in [-0.2, -0.15) is 0 Å². The minimum Gasteiger partial charge on any atom is -0.340 e. The van der Waals surface area contributed by atoms with Gasteiger partial charge in [-0.15, -0.1) is 0 Å². The molecule has 0 saturated heterocycles. The maximum Gasteiger partial charge on any atom is 0.226 e. The highest BCUT2D eigenvalue weighted by Crippen LogP contribution is 2.40. The van der Waals surface area contributed by atoms with Gasteiger partial charge in [-0.25, -0.2) is 14.4 Å². The van der Waals surface area contributed by atoms with Crippen molar-refractivity contribution >= 4 is 17.4 Å². The second-order valence-electron chi connectivity index (χ2n) is 8.02. The summed E-state index contributed by atoms with van der Waals surface area (Å²) in [5.41, 5.74) is 3.28. The van der Waals surface area contributed by atoms with Crippen LogP contribution in [0.15, 0.2) is 48.8 Å². The number of nitrogens with zero attached hydrogens (tertiary/aromatic N) is 4. The van der Waals surface area contributed by atoms with Crippen LogP contribution >= 0.6 is 0 Å². The normalized spacial score (nSPS) is 19.9. The van der Waals surface area contributed by atoms with Crippen LogP contribution in [0.1, 0.15) is 24.6 Å².